The van der Waals surface area contributed by atoms with Crippen molar-refractivity contribution in [2.24, 2.45) is 5.92 Å². The molecule has 1 N–H and O–H groups in total. The molecule has 2 aliphatic rings. The number of hydrogen-bond donors (Lipinski definition) is 1. The molecule has 4 heterocycles. The van der Waals surface area contributed by atoms with E-state index in [1.54, 1.807) is 37.3 Å². The predicted octanol–water partition coefficient (Wildman–Crippen LogP) is 5.53. The van der Waals surface area contributed by atoms with E-state index in [0.717, 1.165) is 5.52 Å². The summed E-state index contributed by atoms with van der Waals surface area (Å²) in [5.74, 6) is 1.08. The monoisotopic (exact) mass is 562 g/mol. The van der Waals surface area contributed by atoms with Crippen LogP contribution in [-0.4, -0.2) is 58.6 Å². The van der Waals surface area contributed by atoms with Gasteiger partial charge in [-0.15, -0.1) is 0 Å². The number of aromatic amines is 1. The molecule has 1 fully saturated rings. The molecule has 0 radical (unpaired) electrons. The zero-order valence-corrected chi connectivity index (χ0v) is 22.3. The third-order valence-corrected chi connectivity index (χ3v) is 6.83. The second-order valence-corrected chi connectivity index (χ2v) is 10.2. The number of amides is 1. The maximum atomic E-state index is 14.6. The summed E-state index contributed by atoms with van der Waals surface area (Å²) in [4.78, 5) is 29.7. The van der Waals surface area contributed by atoms with Crippen LogP contribution in [0, 0.1) is 11.7 Å². The number of nitrogens with one attached hydrogen (secondary N) is 1. The van der Waals surface area contributed by atoms with E-state index in [9.17, 15) is 27.2 Å². The van der Waals surface area contributed by atoms with Crippen molar-refractivity contribution in [3.63, 3.8) is 0 Å². The minimum atomic E-state index is -4.17. The quantitative estimate of drug-likeness (QED) is 0.314. The summed E-state index contributed by atoms with van der Waals surface area (Å²) < 4.78 is 60.9. The SMILES string of the molecule is CC(=C=O)CN1C(=O)C(CC(C)Oc2ccc3[nH]ncc3n2)c2c(F)cccc21.CC1CCC(C(F)(F)F)OC1. The summed E-state index contributed by atoms with van der Waals surface area (Å²) in [6.45, 7) is 5.63. The zero-order chi connectivity index (χ0) is 29.0. The Bertz CT molecular complexity index is 1390. The molecule has 0 spiro atoms. The van der Waals surface area contributed by atoms with Gasteiger partial charge in [-0.1, -0.05) is 13.0 Å². The summed E-state index contributed by atoms with van der Waals surface area (Å²) in [5, 5.41) is 6.74. The van der Waals surface area contributed by atoms with Gasteiger partial charge in [0.15, 0.2) is 6.10 Å². The van der Waals surface area contributed by atoms with E-state index in [1.165, 1.54) is 11.0 Å². The number of H-pyrrole nitrogens is 1. The fraction of sp³-hybridized carbons (Fsp3) is 0.464. The average Bonchev–Trinajstić information content (AvgIpc) is 3.47. The highest BCUT2D eigenvalue weighted by molar-refractivity contribution is 6.05. The predicted molar refractivity (Wildman–Crippen MR) is 139 cm³/mol. The second kappa shape index (κ2) is 12.2. The molecule has 0 bridgehead atoms. The van der Waals surface area contributed by atoms with E-state index in [4.69, 9.17) is 4.74 Å². The van der Waals surface area contributed by atoms with Crippen molar-refractivity contribution in [2.75, 3.05) is 18.1 Å². The lowest BCUT2D eigenvalue weighted by molar-refractivity contribution is -0.234. The first-order chi connectivity index (χ1) is 19.0. The molecule has 1 aromatic carbocycles. The highest BCUT2D eigenvalue weighted by Crippen LogP contribution is 2.42. The molecule has 1 saturated heterocycles. The van der Waals surface area contributed by atoms with Crippen LogP contribution in [0.5, 0.6) is 5.88 Å². The van der Waals surface area contributed by atoms with Gasteiger partial charge in [-0.2, -0.15) is 18.3 Å². The minimum Gasteiger partial charge on any atom is -0.475 e. The maximum Gasteiger partial charge on any atom is 0.414 e. The Hall–Kier alpha value is -3.76. The lowest BCUT2D eigenvalue weighted by Gasteiger charge is -2.28. The van der Waals surface area contributed by atoms with Crippen LogP contribution in [0.1, 0.15) is 51.5 Å². The number of anilines is 1. The Morgan fingerprint density at radius 3 is 2.73 bits per heavy atom. The zero-order valence-electron chi connectivity index (χ0n) is 22.3. The number of alkyl halides is 3. The van der Waals surface area contributed by atoms with Gasteiger partial charge in [-0.05, 0) is 57.2 Å². The van der Waals surface area contributed by atoms with Gasteiger partial charge in [0.1, 0.15) is 17.3 Å². The Kier molecular flexibility index (Phi) is 8.90. The highest BCUT2D eigenvalue weighted by atomic mass is 19.4. The number of aromatic nitrogens is 3. The van der Waals surface area contributed by atoms with Crippen molar-refractivity contribution in [3.05, 3.63) is 53.5 Å². The third kappa shape index (κ3) is 6.68. The van der Waals surface area contributed by atoms with Crippen molar-refractivity contribution in [3.8, 4) is 5.88 Å². The standard InChI is InChI=1S/C21H19FN4O3.C7H11F3O/c1-12(11-27)10-26-18-5-3-4-15(22)20(18)14(21(26)28)8-13(2)29-19-7-6-16-17(24-19)9-23-25-16;1-5-2-3-6(11-4-5)7(8,9)10/h3-7,9,13-14H,8,10H2,1-2H3,(H,23,25);5-6H,2-4H2,1H3. The summed E-state index contributed by atoms with van der Waals surface area (Å²) in [5.41, 5.74) is 2.66. The molecule has 2 aromatic heterocycles. The average molecular weight is 563 g/mol. The van der Waals surface area contributed by atoms with Crippen LogP contribution in [0.4, 0.5) is 23.2 Å². The van der Waals surface area contributed by atoms with Crippen molar-refractivity contribution >= 4 is 28.6 Å². The maximum absolute atomic E-state index is 14.6. The van der Waals surface area contributed by atoms with Crippen molar-refractivity contribution in [1.29, 1.82) is 0 Å². The minimum absolute atomic E-state index is 0.0865. The van der Waals surface area contributed by atoms with Crippen LogP contribution in [0.3, 0.4) is 0 Å². The number of hydrogen-bond acceptors (Lipinski definition) is 6. The number of halogens is 4. The topological polar surface area (TPSA) is 97.4 Å². The van der Waals surface area contributed by atoms with Gasteiger partial charge in [0.05, 0.1) is 36.0 Å². The van der Waals surface area contributed by atoms with Crippen molar-refractivity contribution in [1.82, 2.24) is 15.2 Å². The van der Waals surface area contributed by atoms with Gasteiger partial charge in [-0.25, -0.2) is 14.2 Å². The molecule has 2 aliphatic heterocycles. The molecule has 4 atom stereocenters. The number of rotatable bonds is 6. The molecular formula is C28H30F4N4O4. The molecule has 0 saturated carbocycles. The molecule has 5 rings (SSSR count). The van der Waals surface area contributed by atoms with Crippen LogP contribution < -0.4 is 9.64 Å². The smallest absolute Gasteiger partial charge is 0.414 e. The van der Waals surface area contributed by atoms with E-state index in [2.05, 4.69) is 19.9 Å². The Labute approximate surface area is 228 Å². The highest BCUT2D eigenvalue weighted by Gasteiger charge is 2.42. The van der Waals surface area contributed by atoms with Crippen molar-refractivity contribution in [2.45, 2.75) is 64.3 Å². The molecule has 3 aromatic rings. The molecule has 40 heavy (non-hydrogen) atoms. The summed E-state index contributed by atoms with van der Waals surface area (Å²) in [7, 11) is 0. The van der Waals surface area contributed by atoms with E-state index in [0.29, 0.717) is 34.6 Å². The third-order valence-electron chi connectivity index (χ3n) is 6.83. The second-order valence-electron chi connectivity index (χ2n) is 10.2. The normalized spacial score (nSPS) is 21.3. The Morgan fingerprint density at radius 1 is 1.27 bits per heavy atom. The van der Waals surface area contributed by atoms with Gasteiger partial charge in [0.2, 0.25) is 11.8 Å². The number of fused-ring (bicyclic) bond motifs is 2. The number of pyridine rings is 1. The summed E-state index contributed by atoms with van der Waals surface area (Å²) in [6, 6.07) is 8.11. The first-order valence-electron chi connectivity index (χ1n) is 12.9. The lowest BCUT2D eigenvalue weighted by Crippen LogP contribution is -2.36. The summed E-state index contributed by atoms with van der Waals surface area (Å²) in [6.07, 6.45) is -3.47. The fourth-order valence-electron chi connectivity index (χ4n) is 4.79. The van der Waals surface area contributed by atoms with Crippen LogP contribution in [0.15, 0.2) is 42.1 Å². The van der Waals surface area contributed by atoms with Gasteiger partial charge >= 0.3 is 6.18 Å². The summed E-state index contributed by atoms with van der Waals surface area (Å²) >= 11 is 0. The number of benzene rings is 1. The van der Waals surface area contributed by atoms with E-state index < -0.39 is 30.1 Å². The van der Waals surface area contributed by atoms with Crippen LogP contribution in [0.25, 0.3) is 11.0 Å². The van der Waals surface area contributed by atoms with Gasteiger partial charge in [0, 0.05) is 23.8 Å². The van der Waals surface area contributed by atoms with E-state index in [1.807, 2.05) is 19.9 Å². The van der Waals surface area contributed by atoms with Crippen LogP contribution in [-0.2, 0) is 14.3 Å². The number of carbonyl (C=O) groups excluding carboxylic acids is 2. The molecule has 0 aliphatic carbocycles. The first-order valence-corrected chi connectivity index (χ1v) is 12.9. The first kappa shape index (κ1) is 29.2. The molecule has 8 nitrogen and oxygen atoms in total. The van der Waals surface area contributed by atoms with Gasteiger partial charge in [-0.3, -0.25) is 9.89 Å². The molecule has 1 amide bonds. The number of ether oxygens (including phenoxy) is 2. The van der Waals surface area contributed by atoms with Crippen LogP contribution in [0.2, 0.25) is 0 Å². The lowest BCUT2D eigenvalue weighted by atomic mass is 9.94. The Balaban J connectivity index is 0.000000283. The van der Waals surface area contributed by atoms with Gasteiger partial charge < -0.3 is 14.4 Å². The fourth-order valence-corrected chi connectivity index (χ4v) is 4.79. The Morgan fingerprint density at radius 2 is 2.05 bits per heavy atom. The van der Waals surface area contributed by atoms with E-state index >= 15 is 0 Å². The largest absolute Gasteiger partial charge is 0.475 e. The van der Waals surface area contributed by atoms with E-state index in [-0.39, 0.29) is 37.8 Å². The number of nitrogens with zero attached hydrogens (tertiary/aromatic N) is 3. The molecule has 12 heteroatoms. The molecule has 4 unspecified atom stereocenters. The molecule has 214 valence electrons. The number of carbonyl (C=O) groups is 1. The molecular weight excluding hydrogens is 532 g/mol. The van der Waals surface area contributed by atoms with Gasteiger partial charge in [0.25, 0.3) is 0 Å². The van der Waals surface area contributed by atoms with Crippen LogP contribution >= 0.6 is 0 Å². The van der Waals surface area contributed by atoms with Crippen molar-refractivity contribution < 1.29 is 36.6 Å².